The lowest BCUT2D eigenvalue weighted by molar-refractivity contribution is 1.01. The summed E-state index contributed by atoms with van der Waals surface area (Å²) < 4.78 is 2.16. The highest BCUT2D eigenvalue weighted by molar-refractivity contribution is 6.32. The van der Waals surface area contributed by atoms with E-state index >= 15 is 0 Å². The number of hydrogen-bond donors (Lipinski definition) is 0. The lowest BCUT2D eigenvalue weighted by Crippen LogP contribution is -2.03. The van der Waals surface area contributed by atoms with E-state index in [1.165, 1.54) is 10.8 Å². The van der Waals surface area contributed by atoms with Crippen LogP contribution in [0.15, 0.2) is 109 Å². The van der Waals surface area contributed by atoms with Crippen LogP contribution in [0.4, 0.5) is 0 Å². The summed E-state index contributed by atoms with van der Waals surface area (Å²) in [6.45, 7) is 0. The van der Waals surface area contributed by atoms with Gasteiger partial charge in [0.25, 0.3) is 0 Å². The van der Waals surface area contributed by atoms with Gasteiger partial charge in [-0.1, -0.05) is 84.4 Å². The van der Waals surface area contributed by atoms with E-state index < -0.39 is 0 Å². The van der Waals surface area contributed by atoms with Crippen LogP contribution in [0, 0.1) is 0 Å². The molecule has 0 unspecified atom stereocenters. The topological polar surface area (TPSA) is 30.7 Å². The summed E-state index contributed by atoms with van der Waals surface area (Å²) in [4.78, 5) is 10.2. The van der Waals surface area contributed by atoms with Crippen LogP contribution in [0.2, 0.25) is 5.02 Å². The molecule has 0 aliphatic heterocycles. The molecule has 160 valence electrons. The molecule has 0 spiro atoms. The Morgan fingerprint density at radius 3 is 2.12 bits per heavy atom. The molecule has 7 aromatic rings. The van der Waals surface area contributed by atoms with Crippen LogP contribution in [0.3, 0.4) is 0 Å². The van der Waals surface area contributed by atoms with Crippen LogP contribution < -0.4 is 0 Å². The predicted molar refractivity (Wildman–Crippen MR) is 142 cm³/mol. The monoisotopic (exact) mass is 455 g/mol. The van der Waals surface area contributed by atoms with E-state index in [9.17, 15) is 0 Å². The Balaban J connectivity index is 1.64. The molecule has 0 bridgehead atoms. The minimum absolute atomic E-state index is 0.648. The van der Waals surface area contributed by atoms with Crippen molar-refractivity contribution in [1.29, 1.82) is 0 Å². The smallest absolute Gasteiger partial charge is 0.235 e. The number of halogens is 1. The highest BCUT2D eigenvalue weighted by atomic mass is 35.5. The van der Waals surface area contributed by atoms with Gasteiger partial charge in [0.05, 0.1) is 22.2 Å². The fourth-order valence-electron chi connectivity index (χ4n) is 4.87. The molecule has 7 rings (SSSR count). The maximum atomic E-state index is 6.44. The van der Waals surface area contributed by atoms with Crippen molar-refractivity contribution in [2.45, 2.75) is 0 Å². The van der Waals surface area contributed by atoms with Gasteiger partial charge >= 0.3 is 0 Å². The Labute approximate surface area is 200 Å². The summed E-state index contributed by atoms with van der Waals surface area (Å²) in [5, 5.41) is 6.34. The first-order valence-electron chi connectivity index (χ1n) is 11.2. The standard InChI is InChI=1S/C30H18ClN3/c31-22-14-15-27-25(18-22)24-16-20-10-4-5-11-21(20)17-28(24)34(27)30-32-26-13-7-6-12-23(26)29(33-30)19-8-2-1-3-9-19/h1-18H. The largest absolute Gasteiger partial charge is 0.278 e. The minimum Gasteiger partial charge on any atom is -0.278 e. The zero-order chi connectivity index (χ0) is 22.6. The summed E-state index contributed by atoms with van der Waals surface area (Å²) in [5.41, 5.74) is 4.99. The van der Waals surface area contributed by atoms with E-state index in [-0.39, 0.29) is 0 Å². The van der Waals surface area contributed by atoms with Gasteiger partial charge in [0, 0.05) is 26.7 Å². The van der Waals surface area contributed by atoms with E-state index in [2.05, 4.69) is 65.2 Å². The second-order valence-electron chi connectivity index (χ2n) is 8.47. The van der Waals surface area contributed by atoms with Crippen LogP contribution in [0.1, 0.15) is 0 Å². The molecule has 0 saturated heterocycles. The normalized spacial score (nSPS) is 11.7. The van der Waals surface area contributed by atoms with Crippen molar-refractivity contribution in [3.05, 3.63) is 114 Å². The fourth-order valence-corrected chi connectivity index (χ4v) is 5.05. The lowest BCUT2D eigenvalue weighted by Gasteiger charge is -2.12. The van der Waals surface area contributed by atoms with Gasteiger partial charge in [-0.15, -0.1) is 0 Å². The quantitative estimate of drug-likeness (QED) is 0.263. The van der Waals surface area contributed by atoms with Gasteiger partial charge in [-0.05, 0) is 47.2 Å². The third-order valence-corrected chi connectivity index (χ3v) is 6.67. The zero-order valence-electron chi connectivity index (χ0n) is 18.1. The molecular weight excluding hydrogens is 438 g/mol. The zero-order valence-corrected chi connectivity index (χ0v) is 18.9. The van der Waals surface area contributed by atoms with E-state index in [0.717, 1.165) is 44.0 Å². The fraction of sp³-hybridized carbons (Fsp3) is 0. The molecule has 34 heavy (non-hydrogen) atoms. The molecular formula is C30H18ClN3. The van der Waals surface area contributed by atoms with Crippen molar-refractivity contribution in [1.82, 2.24) is 14.5 Å². The van der Waals surface area contributed by atoms with Crippen molar-refractivity contribution >= 4 is 55.1 Å². The van der Waals surface area contributed by atoms with E-state index in [1.807, 2.05) is 48.5 Å². The summed E-state index contributed by atoms with van der Waals surface area (Å²) in [7, 11) is 0. The van der Waals surface area contributed by atoms with Crippen molar-refractivity contribution in [2.75, 3.05) is 0 Å². The van der Waals surface area contributed by atoms with Crippen molar-refractivity contribution in [3.63, 3.8) is 0 Å². The van der Waals surface area contributed by atoms with E-state index in [4.69, 9.17) is 21.6 Å². The van der Waals surface area contributed by atoms with Gasteiger partial charge in [-0.2, -0.15) is 0 Å². The molecule has 5 aromatic carbocycles. The lowest BCUT2D eigenvalue weighted by atomic mass is 10.1. The molecule has 0 atom stereocenters. The van der Waals surface area contributed by atoms with E-state index in [0.29, 0.717) is 11.0 Å². The summed E-state index contributed by atoms with van der Waals surface area (Å²) in [6.07, 6.45) is 0. The van der Waals surface area contributed by atoms with Gasteiger partial charge in [-0.3, -0.25) is 4.57 Å². The van der Waals surface area contributed by atoms with Crippen molar-refractivity contribution < 1.29 is 0 Å². The highest BCUT2D eigenvalue weighted by Crippen LogP contribution is 2.36. The summed E-state index contributed by atoms with van der Waals surface area (Å²) in [5.74, 6) is 0.648. The number of benzene rings is 5. The minimum atomic E-state index is 0.648. The molecule has 0 aliphatic carbocycles. The molecule has 0 saturated carbocycles. The van der Waals surface area contributed by atoms with Gasteiger partial charge in [-0.25, -0.2) is 9.97 Å². The Morgan fingerprint density at radius 2 is 1.26 bits per heavy atom. The van der Waals surface area contributed by atoms with Crippen molar-refractivity contribution in [2.24, 2.45) is 0 Å². The third-order valence-electron chi connectivity index (χ3n) is 6.43. The summed E-state index contributed by atoms with van der Waals surface area (Å²) >= 11 is 6.44. The Hall–Kier alpha value is -4.21. The van der Waals surface area contributed by atoms with E-state index in [1.54, 1.807) is 0 Å². The molecule has 0 amide bonds. The molecule has 4 heteroatoms. The molecule has 3 nitrogen and oxygen atoms in total. The van der Waals surface area contributed by atoms with Crippen LogP contribution in [0.25, 0.3) is 60.7 Å². The first kappa shape index (κ1) is 19.3. The first-order chi connectivity index (χ1) is 16.8. The Morgan fingerprint density at radius 1 is 0.559 bits per heavy atom. The maximum Gasteiger partial charge on any atom is 0.235 e. The summed E-state index contributed by atoms with van der Waals surface area (Å²) in [6, 6.07) is 37.4. The third kappa shape index (κ3) is 2.91. The van der Waals surface area contributed by atoms with Gasteiger partial charge < -0.3 is 0 Å². The number of rotatable bonds is 2. The highest BCUT2D eigenvalue weighted by Gasteiger charge is 2.18. The van der Waals surface area contributed by atoms with Crippen LogP contribution in [-0.4, -0.2) is 14.5 Å². The number of hydrogen-bond acceptors (Lipinski definition) is 2. The second-order valence-corrected chi connectivity index (χ2v) is 8.91. The average Bonchev–Trinajstić information content (AvgIpc) is 3.19. The predicted octanol–water partition coefficient (Wildman–Crippen LogP) is 8.20. The van der Waals surface area contributed by atoms with Gasteiger partial charge in [0.1, 0.15) is 0 Å². The van der Waals surface area contributed by atoms with Crippen molar-refractivity contribution in [3.8, 4) is 17.2 Å². The second kappa shape index (κ2) is 7.41. The number of nitrogens with zero attached hydrogens (tertiary/aromatic N) is 3. The SMILES string of the molecule is Clc1ccc2c(c1)c1cc3ccccc3cc1n2-c1nc(-c2ccccc2)c2ccccc2n1. The maximum absolute atomic E-state index is 6.44. The Bertz CT molecular complexity index is 1870. The molecule has 0 aliphatic rings. The number of fused-ring (bicyclic) bond motifs is 5. The average molecular weight is 456 g/mol. The molecule has 0 radical (unpaired) electrons. The first-order valence-corrected chi connectivity index (χ1v) is 11.6. The number of para-hydroxylation sites is 1. The van der Waals surface area contributed by atoms with Gasteiger partial charge in [0.15, 0.2) is 0 Å². The molecule has 0 fully saturated rings. The molecule has 2 aromatic heterocycles. The Kier molecular flexibility index (Phi) is 4.20. The molecule has 2 heterocycles. The van der Waals surface area contributed by atoms with Crippen LogP contribution in [-0.2, 0) is 0 Å². The van der Waals surface area contributed by atoms with Crippen LogP contribution >= 0.6 is 11.6 Å². The van der Waals surface area contributed by atoms with Gasteiger partial charge in [0.2, 0.25) is 5.95 Å². The number of aromatic nitrogens is 3. The van der Waals surface area contributed by atoms with Crippen LogP contribution in [0.5, 0.6) is 0 Å². The molecule has 0 N–H and O–H groups in total.